The predicted molar refractivity (Wildman–Crippen MR) is 106 cm³/mol. The largest absolute Gasteiger partial charge is 0.493 e. The third kappa shape index (κ3) is 6.99. The fourth-order valence-corrected chi connectivity index (χ4v) is 2.16. The molecule has 0 saturated heterocycles. The maximum Gasteiger partial charge on any atom is 0.344 e. The highest BCUT2D eigenvalue weighted by atomic mass is 16.6. The Morgan fingerprint density at radius 1 is 1.11 bits per heavy atom. The number of hydrogen-bond donors (Lipinski definition) is 2. The Hall–Kier alpha value is -3.55. The molecule has 28 heavy (non-hydrogen) atoms. The zero-order chi connectivity index (χ0) is 20.4. The third-order valence-electron chi connectivity index (χ3n) is 3.31. The Morgan fingerprint density at radius 3 is 2.54 bits per heavy atom. The van der Waals surface area contributed by atoms with Crippen molar-refractivity contribution < 1.29 is 23.8 Å². The second-order valence-corrected chi connectivity index (χ2v) is 5.93. The van der Waals surface area contributed by atoms with E-state index in [9.17, 15) is 9.59 Å². The molecule has 2 amide bonds. The number of carbonyl (C=O) groups excluding carboxylic acids is 2. The number of methoxy groups -OCH3 is 1. The van der Waals surface area contributed by atoms with Crippen LogP contribution in [0.2, 0.25) is 0 Å². The van der Waals surface area contributed by atoms with Crippen molar-refractivity contribution in [2.45, 2.75) is 20.0 Å². The fourth-order valence-electron chi connectivity index (χ4n) is 2.16. The Balaban J connectivity index is 1.90. The second kappa shape index (κ2) is 10.6. The van der Waals surface area contributed by atoms with Crippen LogP contribution in [0.15, 0.2) is 53.6 Å². The lowest BCUT2D eigenvalue weighted by atomic mass is 10.2. The van der Waals surface area contributed by atoms with E-state index in [1.165, 1.54) is 13.3 Å². The first-order valence-electron chi connectivity index (χ1n) is 8.63. The molecular formula is C20H23N3O5. The van der Waals surface area contributed by atoms with Gasteiger partial charge in [0.25, 0.3) is 0 Å². The van der Waals surface area contributed by atoms with Gasteiger partial charge < -0.3 is 19.5 Å². The number of nitrogens with zero attached hydrogens (tertiary/aromatic N) is 1. The van der Waals surface area contributed by atoms with Gasteiger partial charge in [0.2, 0.25) is 0 Å². The number of urea groups is 1. The van der Waals surface area contributed by atoms with Crippen molar-refractivity contribution in [3.8, 4) is 11.5 Å². The van der Waals surface area contributed by atoms with Gasteiger partial charge in [-0.2, -0.15) is 5.10 Å². The van der Waals surface area contributed by atoms with Gasteiger partial charge in [-0.1, -0.05) is 18.2 Å². The maximum atomic E-state index is 11.8. The quantitative estimate of drug-likeness (QED) is 0.413. The number of amides is 2. The molecule has 0 heterocycles. The highest BCUT2D eigenvalue weighted by Gasteiger charge is 2.10. The number of anilines is 1. The number of ether oxygens (including phenoxy) is 3. The number of esters is 1. The minimum absolute atomic E-state index is 0.205. The first-order chi connectivity index (χ1) is 13.5. The normalized spacial score (nSPS) is 10.6. The molecule has 0 aliphatic heterocycles. The topological polar surface area (TPSA) is 98.3 Å². The molecule has 0 aromatic heterocycles. The van der Waals surface area contributed by atoms with Gasteiger partial charge in [-0.15, -0.1) is 0 Å². The second-order valence-electron chi connectivity index (χ2n) is 5.93. The van der Waals surface area contributed by atoms with Crippen molar-refractivity contribution in [3.63, 3.8) is 0 Å². The molecule has 0 spiro atoms. The van der Waals surface area contributed by atoms with E-state index in [0.29, 0.717) is 22.7 Å². The summed E-state index contributed by atoms with van der Waals surface area (Å²) in [5, 5.41) is 6.54. The average Bonchev–Trinajstić information content (AvgIpc) is 2.67. The van der Waals surface area contributed by atoms with Gasteiger partial charge in [0.15, 0.2) is 18.1 Å². The van der Waals surface area contributed by atoms with E-state index < -0.39 is 12.0 Å². The van der Waals surface area contributed by atoms with Crippen molar-refractivity contribution in [1.82, 2.24) is 5.43 Å². The van der Waals surface area contributed by atoms with Gasteiger partial charge >= 0.3 is 12.0 Å². The van der Waals surface area contributed by atoms with Crippen molar-refractivity contribution in [3.05, 3.63) is 54.1 Å². The van der Waals surface area contributed by atoms with Crippen LogP contribution in [0.3, 0.4) is 0 Å². The summed E-state index contributed by atoms with van der Waals surface area (Å²) in [6.45, 7) is 3.31. The van der Waals surface area contributed by atoms with Gasteiger partial charge in [-0.05, 0) is 49.7 Å². The van der Waals surface area contributed by atoms with Crippen LogP contribution >= 0.6 is 0 Å². The van der Waals surface area contributed by atoms with E-state index in [1.807, 2.05) is 18.2 Å². The number of nitrogens with one attached hydrogen (secondary N) is 2. The molecule has 0 aliphatic carbocycles. The molecule has 2 aromatic rings. The lowest BCUT2D eigenvalue weighted by Crippen LogP contribution is -2.24. The molecule has 148 valence electrons. The zero-order valence-electron chi connectivity index (χ0n) is 16.0. The summed E-state index contributed by atoms with van der Waals surface area (Å²) in [6, 6.07) is 13.6. The van der Waals surface area contributed by atoms with E-state index >= 15 is 0 Å². The van der Waals surface area contributed by atoms with Crippen molar-refractivity contribution in [1.29, 1.82) is 0 Å². The summed E-state index contributed by atoms with van der Waals surface area (Å²) in [7, 11) is 1.49. The molecule has 2 aromatic carbocycles. The van der Waals surface area contributed by atoms with Crippen LogP contribution in [0.5, 0.6) is 11.5 Å². The Morgan fingerprint density at radius 2 is 1.86 bits per heavy atom. The molecule has 0 aliphatic rings. The molecular weight excluding hydrogens is 362 g/mol. The summed E-state index contributed by atoms with van der Waals surface area (Å²) in [5.41, 5.74) is 3.71. The van der Waals surface area contributed by atoms with Gasteiger partial charge in [0, 0.05) is 5.69 Å². The molecule has 2 N–H and O–H groups in total. The van der Waals surface area contributed by atoms with Crippen LogP contribution in [-0.2, 0) is 9.53 Å². The summed E-state index contributed by atoms with van der Waals surface area (Å²) >= 11 is 0. The van der Waals surface area contributed by atoms with Gasteiger partial charge in [-0.25, -0.2) is 15.0 Å². The van der Waals surface area contributed by atoms with Crippen LogP contribution in [-0.4, -0.2) is 38.0 Å². The van der Waals surface area contributed by atoms with E-state index in [2.05, 4.69) is 15.8 Å². The molecule has 0 radical (unpaired) electrons. The van der Waals surface area contributed by atoms with Gasteiger partial charge in [0.05, 0.1) is 19.4 Å². The molecule has 0 unspecified atom stereocenters. The Labute approximate surface area is 163 Å². The molecule has 0 bridgehead atoms. The summed E-state index contributed by atoms with van der Waals surface area (Å²) < 4.78 is 15.7. The monoisotopic (exact) mass is 385 g/mol. The number of carbonyl (C=O) groups is 2. The smallest absolute Gasteiger partial charge is 0.344 e. The lowest BCUT2D eigenvalue weighted by molar-refractivity contribution is -0.149. The predicted octanol–water partition coefficient (Wildman–Crippen LogP) is 3.18. The van der Waals surface area contributed by atoms with Gasteiger partial charge in [-0.3, -0.25) is 0 Å². The van der Waals surface area contributed by atoms with E-state index in [4.69, 9.17) is 14.2 Å². The number of rotatable bonds is 8. The van der Waals surface area contributed by atoms with Gasteiger partial charge in [0.1, 0.15) is 0 Å². The Kier molecular flexibility index (Phi) is 7.83. The number of hydrazone groups is 1. The molecule has 8 heteroatoms. The Bertz CT molecular complexity index is 822. The molecule has 0 saturated carbocycles. The first-order valence-corrected chi connectivity index (χ1v) is 8.63. The minimum Gasteiger partial charge on any atom is -0.493 e. The zero-order valence-corrected chi connectivity index (χ0v) is 16.0. The van der Waals surface area contributed by atoms with E-state index in [-0.39, 0.29) is 12.7 Å². The van der Waals surface area contributed by atoms with Crippen molar-refractivity contribution in [2.24, 2.45) is 5.10 Å². The highest BCUT2D eigenvalue weighted by molar-refractivity contribution is 5.90. The summed E-state index contributed by atoms with van der Waals surface area (Å²) in [4.78, 5) is 23.4. The minimum atomic E-state index is -0.462. The first kappa shape index (κ1) is 20.8. The number of hydrogen-bond acceptors (Lipinski definition) is 6. The molecule has 0 atom stereocenters. The van der Waals surface area contributed by atoms with Crippen LogP contribution in [0, 0.1) is 0 Å². The van der Waals surface area contributed by atoms with Crippen molar-refractivity contribution in [2.75, 3.05) is 19.0 Å². The molecule has 2 rings (SSSR count). The standard InChI is InChI=1S/C20H23N3O5/c1-14(2)28-19(24)13-27-17-10-9-15(11-18(17)26-3)12-21-23-20(25)22-16-7-5-4-6-8-16/h4-12,14H,13H2,1-3H3,(H2,22,23,25)/b21-12+. The number of para-hydroxylation sites is 1. The average molecular weight is 385 g/mol. The van der Waals surface area contributed by atoms with E-state index in [1.54, 1.807) is 44.2 Å². The fraction of sp³-hybridized carbons (Fsp3) is 0.250. The summed E-state index contributed by atoms with van der Waals surface area (Å²) in [6.07, 6.45) is 1.26. The van der Waals surface area contributed by atoms with Crippen LogP contribution in [0.25, 0.3) is 0 Å². The maximum absolute atomic E-state index is 11.8. The molecule has 8 nitrogen and oxygen atoms in total. The molecule has 0 fully saturated rings. The third-order valence-corrected chi connectivity index (χ3v) is 3.31. The summed E-state index contributed by atoms with van der Waals surface area (Å²) in [5.74, 6) is 0.362. The lowest BCUT2D eigenvalue weighted by Gasteiger charge is -2.12. The van der Waals surface area contributed by atoms with Crippen LogP contribution < -0.4 is 20.2 Å². The SMILES string of the molecule is COc1cc(/C=N/NC(=O)Nc2ccccc2)ccc1OCC(=O)OC(C)C. The van der Waals surface area contributed by atoms with Crippen LogP contribution in [0.1, 0.15) is 19.4 Å². The number of benzene rings is 2. The highest BCUT2D eigenvalue weighted by Crippen LogP contribution is 2.27. The van der Waals surface area contributed by atoms with Crippen molar-refractivity contribution >= 4 is 23.9 Å². The van der Waals surface area contributed by atoms with E-state index in [0.717, 1.165) is 0 Å². The van der Waals surface area contributed by atoms with Crippen LogP contribution in [0.4, 0.5) is 10.5 Å².